The molecule has 4 aromatic rings. The van der Waals surface area contributed by atoms with Crippen molar-refractivity contribution in [3.8, 4) is 0 Å². The number of carbonyl (C=O) groups is 2. The fourth-order valence-electron chi connectivity index (χ4n) is 2.98. The quantitative estimate of drug-likeness (QED) is 0.481. The molecule has 142 valence electrons. The predicted octanol–water partition coefficient (Wildman–Crippen LogP) is 5.39. The molecule has 0 unspecified atom stereocenters. The topological polar surface area (TPSA) is 71.1 Å². The highest BCUT2D eigenvalue weighted by molar-refractivity contribution is 6.30. The van der Waals surface area contributed by atoms with Crippen molar-refractivity contribution in [3.05, 3.63) is 101 Å². The van der Waals surface area contributed by atoms with Gasteiger partial charge >= 0.3 is 0 Å². The number of carbonyl (C=O) groups excluding carboxylic acids is 2. The number of pyridine rings is 1. The van der Waals surface area contributed by atoms with Crippen LogP contribution in [0.15, 0.2) is 85.1 Å². The number of nitrogens with one attached hydrogen (secondary N) is 2. The molecule has 29 heavy (non-hydrogen) atoms. The van der Waals surface area contributed by atoms with Gasteiger partial charge in [0.15, 0.2) is 0 Å². The molecule has 4 rings (SSSR count). The van der Waals surface area contributed by atoms with Crippen LogP contribution < -0.4 is 10.6 Å². The van der Waals surface area contributed by atoms with Crippen LogP contribution in [0.3, 0.4) is 0 Å². The largest absolute Gasteiger partial charge is 0.321 e. The molecule has 0 aliphatic rings. The summed E-state index contributed by atoms with van der Waals surface area (Å²) in [6, 6.07) is 22.7. The van der Waals surface area contributed by atoms with Crippen LogP contribution in [0.1, 0.15) is 20.7 Å². The zero-order valence-electron chi connectivity index (χ0n) is 15.2. The lowest BCUT2D eigenvalue weighted by molar-refractivity contribution is 0.102. The molecule has 0 aliphatic carbocycles. The highest BCUT2D eigenvalue weighted by Gasteiger charge is 2.15. The number of nitrogens with zero attached hydrogens (tertiary/aromatic N) is 1. The number of rotatable bonds is 4. The Bertz CT molecular complexity index is 1200. The molecule has 5 nitrogen and oxygen atoms in total. The zero-order chi connectivity index (χ0) is 20.2. The fraction of sp³-hybridized carbons (Fsp3) is 0. The molecule has 0 saturated carbocycles. The van der Waals surface area contributed by atoms with Gasteiger partial charge in [-0.2, -0.15) is 0 Å². The SMILES string of the molecule is O=C(Nc1ccccc1C(=O)Nc1cccc2cccnc12)c1ccc(Cl)cc1. The summed E-state index contributed by atoms with van der Waals surface area (Å²) in [6.45, 7) is 0. The van der Waals surface area contributed by atoms with Gasteiger partial charge in [0.2, 0.25) is 0 Å². The minimum Gasteiger partial charge on any atom is -0.321 e. The number of aromatic nitrogens is 1. The molecular formula is C23H16ClN3O2. The van der Waals surface area contributed by atoms with Gasteiger partial charge < -0.3 is 10.6 Å². The van der Waals surface area contributed by atoms with Crippen molar-refractivity contribution < 1.29 is 9.59 Å². The summed E-state index contributed by atoms with van der Waals surface area (Å²) in [5.74, 6) is -0.663. The monoisotopic (exact) mass is 401 g/mol. The van der Waals surface area contributed by atoms with E-state index in [1.807, 2.05) is 24.3 Å². The Balaban J connectivity index is 1.59. The lowest BCUT2D eigenvalue weighted by Gasteiger charge is -2.12. The third kappa shape index (κ3) is 4.10. The van der Waals surface area contributed by atoms with Crippen molar-refractivity contribution in [3.63, 3.8) is 0 Å². The van der Waals surface area contributed by atoms with Gasteiger partial charge in [-0.25, -0.2) is 0 Å². The molecule has 2 N–H and O–H groups in total. The maximum atomic E-state index is 12.9. The molecule has 3 aromatic carbocycles. The molecule has 0 aliphatic heterocycles. The average molecular weight is 402 g/mol. The van der Waals surface area contributed by atoms with Crippen LogP contribution in [-0.2, 0) is 0 Å². The Labute approximate surface area is 172 Å². The highest BCUT2D eigenvalue weighted by Crippen LogP contribution is 2.23. The number of benzene rings is 3. The lowest BCUT2D eigenvalue weighted by atomic mass is 10.1. The van der Waals surface area contributed by atoms with Crippen LogP contribution in [0.2, 0.25) is 5.02 Å². The third-order valence-corrected chi connectivity index (χ3v) is 4.66. The number of halogens is 1. The van der Waals surface area contributed by atoms with Gasteiger partial charge in [0.05, 0.1) is 22.5 Å². The second-order valence-corrected chi connectivity index (χ2v) is 6.78. The molecule has 1 aromatic heterocycles. The second-order valence-electron chi connectivity index (χ2n) is 6.34. The van der Waals surface area contributed by atoms with Crippen LogP contribution in [0.25, 0.3) is 10.9 Å². The molecule has 0 radical (unpaired) electrons. The molecular weight excluding hydrogens is 386 g/mol. The predicted molar refractivity (Wildman–Crippen MR) is 116 cm³/mol. The molecule has 0 atom stereocenters. The van der Waals surface area contributed by atoms with Crippen molar-refractivity contribution in [2.75, 3.05) is 10.6 Å². The van der Waals surface area contributed by atoms with E-state index in [0.717, 1.165) is 5.39 Å². The van der Waals surface area contributed by atoms with E-state index in [1.165, 1.54) is 0 Å². The van der Waals surface area contributed by atoms with Crippen LogP contribution in [0.5, 0.6) is 0 Å². The first-order chi connectivity index (χ1) is 14.1. The Hall–Kier alpha value is -3.70. The smallest absolute Gasteiger partial charge is 0.257 e. The van der Waals surface area contributed by atoms with E-state index in [2.05, 4.69) is 15.6 Å². The summed E-state index contributed by atoms with van der Waals surface area (Å²) in [5, 5.41) is 7.16. The summed E-state index contributed by atoms with van der Waals surface area (Å²) >= 11 is 5.87. The molecule has 1 heterocycles. The standard InChI is InChI=1S/C23H16ClN3O2/c24-17-12-10-16(11-13-17)22(28)26-19-8-2-1-7-18(19)23(29)27-20-9-3-5-15-6-4-14-25-21(15)20/h1-14H,(H,26,28)(H,27,29). The van der Waals surface area contributed by atoms with Gasteiger partial charge in [0.25, 0.3) is 11.8 Å². The van der Waals surface area contributed by atoms with Crippen LogP contribution in [-0.4, -0.2) is 16.8 Å². The van der Waals surface area contributed by atoms with E-state index in [4.69, 9.17) is 11.6 Å². The van der Waals surface area contributed by atoms with Crippen molar-refractivity contribution in [1.29, 1.82) is 0 Å². The zero-order valence-corrected chi connectivity index (χ0v) is 16.0. The highest BCUT2D eigenvalue weighted by atomic mass is 35.5. The fourth-order valence-corrected chi connectivity index (χ4v) is 3.11. The van der Waals surface area contributed by atoms with Gasteiger partial charge in [-0.1, -0.05) is 41.9 Å². The van der Waals surface area contributed by atoms with Crippen molar-refractivity contribution in [2.45, 2.75) is 0 Å². The Morgan fingerprint density at radius 3 is 2.24 bits per heavy atom. The van der Waals surface area contributed by atoms with Crippen molar-refractivity contribution >= 4 is 45.7 Å². The Morgan fingerprint density at radius 1 is 0.724 bits per heavy atom. The number of hydrogen-bond acceptors (Lipinski definition) is 3. The van der Waals surface area contributed by atoms with E-state index in [1.54, 1.807) is 60.8 Å². The van der Waals surface area contributed by atoms with Gasteiger partial charge in [-0.05, 0) is 48.5 Å². The lowest BCUT2D eigenvalue weighted by Crippen LogP contribution is -2.18. The number of amides is 2. The molecule has 6 heteroatoms. The second kappa shape index (κ2) is 8.12. The minimum atomic E-state index is -0.338. The van der Waals surface area contributed by atoms with Gasteiger partial charge in [0, 0.05) is 22.2 Å². The number of fused-ring (bicyclic) bond motifs is 1. The van der Waals surface area contributed by atoms with E-state index < -0.39 is 0 Å². The van der Waals surface area contributed by atoms with E-state index in [-0.39, 0.29) is 11.8 Å². The van der Waals surface area contributed by atoms with Gasteiger partial charge in [-0.15, -0.1) is 0 Å². The normalized spacial score (nSPS) is 10.5. The van der Waals surface area contributed by atoms with Crippen LogP contribution in [0.4, 0.5) is 11.4 Å². The summed E-state index contributed by atoms with van der Waals surface area (Å²) in [6.07, 6.45) is 1.68. The maximum Gasteiger partial charge on any atom is 0.257 e. The van der Waals surface area contributed by atoms with E-state index >= 15 is 0 Å². The first kappa shape index (κ1) is 18.7. The Morgan fingerprint density at radius 2 is 1.41 bits per heavy atom. The number of para-hydroxylation sites is 2. The number of anilines is 2. The first-order valence-electron chi connectivity index (χ1n) is 8.93. The third-order valence-electron chi connectivity index (χ3n) is 4.41. The van der Waals surface area contributed by atoms with E-state index in [0.29, 0.717) is 33.0 Å². The number of hydrogen-bond donors (Lipinski definition) is 2. The summed E-state index contributed by atoms with van der Waals surface area (Å²) in [4.78, 5) is 29.8. The van der Waals surface area contributed by atoms with E-state index in [9.17, 15) is 9.59 Å². The molecule has 0 bridgehead atoms. The van der Waals surface area contributed by atoms with Crippen LogP contribution in [0, 0.1) is 0 Å². The summed E-state index contributed by atoms with van der Waals surface area (Å²) in [5.41, 5.74) is 2.52. The van der Waals surface area contributed by atoms with Gasteiger partial charge in [-0.3, -0.25) is 14.6 Å². The van der Waals surface area contributed by atoms with Crippen molar-refractivity contribution in [2.24, 2.45) is 0 Å². The van der Waals surface area contributed by atoms with Crippen LogP contribution >= 0.6 is 11.6 Å². The molecule has 0 spiro atoms. The molecule has 0 fully saturated rings. The first-order valence-corrected chi connectivity index (χ1v) is 9.31. The summed E-state index contributed by atoms with van der Waals surface area (Å²) < 4.78 is 0. The minimum absolute atomic E-state index is 0.325. The summed E-state index contributed by atoms with van der Waals surface area (Å²) in [7, 11) is 0. The van der Waals surface area contributed by atoms with Gasteiger partial charge in [0.1, 0.15) is 0 Å². The average Bonchev–Trinajstić information content (AvgIpc) is 2.75. The maximum absolute atomic E-state index is 12.9. The molecule has 0 saturated heterocycles. The Kier molecular flexibility index (Phi) is 5.22. The molecule has 2 amide bonds. The van der Waals surface area contributed by atoms with Crippen molar-refractivity contribution in [1.82, 2.24) is 4.98 Å².